The third-order valence-corrected chi connectivity index (χ3v) is 2.44. The van der Waals surface area contributed by atoms with Gasteiger partial charge in [-0.25, -0.2) is 0 Å². The van der Waals surface area contributed by atoms with Crippen molar-refractivity contribution < 1.29 is 9.53 Å². The molecule has 0 aliphatic carbocycles. The predicted molar refractivity (Wildman–Crippen MR) is 59.7 cm³/mol. The van der Waals surface area contributed by atoms with Crippen molar-refractivity contribution in [3.63, 3.8) is 0 Å². The molecule has 0 saturated heterocycles. The second-order valence-electron chi connectivity index (χ2n) is 2.83. The fourth-order valence-corrected chi connectivity index (χ4v) is 1.63. The molecule has 4 heteroatoms. The van der Waals surface area contributed by atoms with E-state index in [2.05, 4.69) is 15.9 Å². The van der Waals surface area contributed by atoms with Gasteiger partial charge in [0.15, 0.2) is 11.5 Å². The van der Waals surface area contributed by atoms with E-state index in [1.54, 1.807) is 12.1 Å². The minimum Gasteiger partial charge on any atom is -0.491 e. The summed E-state index contributed by atoms with van der Waals surface area (Å²) in [5.41, 5.74) is 6.69. The SMILES string of the molecule is CCOc1c(Br)ccc(C(C)=O)c1N. The molecule has 1 aromatic carbocycles. The van der Waals surface area contributed by atoms with Gasteiger partial charge in [0.2, 0.25) is 0 Å². The van der Waals surface area contributed by atoms with Crippen molar-refractivity contribution >= 4 is 27.4 Å². The number of carbonyl (C=O) groups excluding carboxylic acids is 1. The number of halogens is 1. The summed E-state index contributed by atoms with van der Waals surface area (Å²) in [7, 11) is 0. The summed E-state index contributed by atoms with van der Waals surface area (Å²) in [6.45, 7) is 3.87. The van der Waals surface area contributed by atoms with Crippen molar-refractivity contribution in [1.29, 1.82) is 0 Å². The fourth-order valence-electron chi connectivity index (χ4n) is 1.17. The van der Waals surface area contributed by atoms with Gasteiger partial charge in [-0.2, -0.15) is 0 Å². The second-order valence-corrected chi connectivity index (χ2v) is 3.68. The molecule has 0 saturated carbocycles. The van der Waals surface area contributed by atoms with Crippen LogP contribution in [-0.4, -0.2) is 12.4 Å². The van der Waals surface area contributed by atoms with Gasteiger partial charge in [-0.1, -0.05) is 0 Å². The summed E-state index contributed by atoms with van der Waals surface area (Å²) in [4.78, 5) is 11.2. The molecular formula is C10H12BrNO2. The number of anilines is 1. The Morgan fingerprint density at radius 2 is 2.21 bits per heavy atom. The molecule has 0 bridgehead atoms. The lowest BCUT2D eigenvalue weighted by Gasteiger charge is -2.11. The maximum atomic E-state index is 11.2. The maximum absolute atomic E-state index is 11.2. The molecule has 0 amide bonds. The van der Waals surface area contributed by atoms with Crippen LogP contribution in [0.4, 0.5) is 5.69 Å². The van der Waals surface area contributed by atoms with Crippen LogP contribution in [0.3, 0.4) is 0 Å². The van der Waals surface area contributed by atoms with E-state index in [0.29, 0.717) is 23.6 Å². The first-order valence-electron chi connectivity index (χ1n) is 4.29. The normalized spacial score (nSPS) is 9.93. The van der Waals surface area contributed by atoms with Gasteiger partial charge in [-0.05, 0) is 41.9 Å². The molecule has 2 N–H and O–H groups in total. The van der Waals surface area contributed by atoms with Crippen molar-refractivity contribution in [2.24, 2.45) is 0 Å². The van der Waals surface area contributed by atoms with Crippen LogP contribution in [0.15, 0.2) is 16.6 Å². The third kappa shape index (κ3) is 2.07. The average Bonchev–Trinajstić information content (AvgIpc) is 2.11. The van der Waals surface area contributed by atoms with E-state index in [9.17, 15) is 4.79 Å². The largest absolute Gasteiger partial charge is 0.491 e. The molecule has 0 atom stereocenters. The summed E-state index contributed by atoms with van der Waals surface area (Å²) in [5, 5.41) is 0. The van der Waals surface area contributed by atoms with Gasteiger partial charge in [-0.15, -0.1) is 0 Å². The van der Waals surface area contributed by atoms with E-state index in [1.807, 2.05) is 6.92 Å². The minimum absolute atomic E-state index is 0.0593. The van der Waals surface area contributed by atoms with Crippen LogP contribution in [0.1, 0.15) is 24.2 Å². The number of Topliss-reactive ketones (excluding diaryl/α,β-unsaturated/α-hetero) is 1. The first-order valence-corrected chi connectivity index (χ1v) is 5.09. The molecule has 14 heavy (non-hydrogen) atoms. The highest BCUT2D eigenvalue weighted by Gasteiger charge is 2.12. The van der Waals surface area contributed by atoms with Gasteiger partial charge in [0.1, 0.15) is 0 Å². The third-order valence-electron chi connectivity index (χ3n) is 1.82. The Morgan fingerprint density at radius 1 is 1.57 bits per heavy atom. The van der Waals surface area contributed by atoms with Crippen molar-refractivity contribution in [3.8, 4) is 5.75 Å². The molecule has 0 spiro atoms. The quantitative estimate of drug-likeness (QED) is 0.669. The lowest BCUT2D eigenvalue weighted by molar-refractivity contribution is 0.101. The Balaban J connectivity index is 3.26. The van der Waals surface area contributed by atoms with Crippen LogP contribution in [0.2, 0.25) is 0 Å². The highest BCUT2D eigenvalue weighted by Crippen LogP contribution is 2.34. The molecule has 0 fully saturated rings. The first kappa shape index (κ1) is 11.0. The van der Waals surface area contributed by atoms with Crippen LogP contribution in [0, 0.1) is 0 Å². The van der Waals surface area contributed by atoms with E-state index in [-0.39, 0.29) is 5.78 Å². The number of ketones is 1. The van der Waals surface area contributed by atoms with E-state index in [1.165, 1.54) is 6.92 Å². The Kier molecular flexibility index (Phi) is 3.52. The van der Waals surface area contributed by atoms with E-state index >= 15 is 0 Å². The van der Waals surface area contributed by atoms with Gasteiger partial charge >= 0.3 is 0 Å². The van der Waals surface area contributed by atoms with Crippen molar-refractivity contribution in [3.05, 3.63) is 22.2 Å². The fraction of sp³-hybridized carbons (Fsp3) is 0.300. The zero-order chi connectivity index (χ0) is 10.7. The molecule has 0 unspecified atom stereocenters. The molecule has 0 radical (unpaired) electrons. The van der Waals surface area contributed by atoms with Crippen LogP contribution >= 0.6 is 15.9 Å². The molecule has 0 aliphatic rings. The summed E-state index contributed by atoms with van der Waals surface area (Å²) in [6, 6.07) is 3.45. The number of nitrogens with two attached hydrogens (primary N) is 1. The van der Waals surface area contributed by atoms with Crippen LogP contribution in [0.5, 0.6) is 5.75 Å². The number of ether oxygens (including phenoxy) is 1. The summed E-state index contributed by atoms with van der Waals surface area (Å²) < 4.78 is 6.10. The van der Waals surface area contributed by atoms with Crippen molar-refractivity contribution in [2.75, 3.05) is 12.3 Å². The maximum Gasteiger partial charge on any atom is 0.162 e. The molecule has 1 rings (SSSR count). The molecule has 0 aromatic heterocycles. The van der Waals surface area contributed by atoms with Gasteiger partial charge in [0.25, 0.3) is 0 Å². The number of hydrogen-bond acceptors (Lipinski definition) is 3. The van der Waals surface area contributed by atoms with Crippen molar-refractivity contribution in [1.82, 2.24) is 0 Å². The lowest BCUT2D eigenvalue weighted by Crippen LogP contribution is -2.04. The highest BCUT2D eigenvalue weighted by molar-refractivity contribution is 9.10. The van der Waals surface area contributed by atoms with E-state index in [4.69, 9.17) is 10.5 Å². The van der Waals surface area contributed by atoms with Crippen molar-refractivity contribution in [2.45, 2.75) is 13.8 Å². The Bertz CT molecular complexity index is 363. The monoisotopic (exact) mass is 257 g/mol. The lowest BCUT2D eigenvalue weighted by atomic mass is 10.1. The zero-order valence-corrected chi connectivity index (χ0v) is 9.72. The molecular weight excluding hydrogens is 246 g/mol. The summed E-state index contributed by atoms with van der Waals surface area (Å²) in [5.74, 6) is 0.483. The second kappa shape index (κ2) is 4.46. The Morgan fingerprint density at radius 3 is 2.71 bits per heavy atom. The molecule has 1 aromatic rings. The highest BCUT2D eigenvalue weighted by atomic mass is 79.9. The standard InChI is InChI=1S/C10H12BrNO2/c1-3-14-10-8(11)5-4-7(6(2)13)9(10)12/h4-5H,3,12H2,1-2H3. The first-order chi connectivity index (χ1) is 6.57. The average molecular weight is 258 g/mol. The van der Waals surface area contributed by atoms with Gasteiger partial charge < -0.3 is 10.5 Å². The zero-order valence-electron chi connectivity index (χ0n) is 8.13. The van der Waals surface area contributed by atoms with E-state index < -0.39 is 0 Å². The summed E-state index contributed by atoms with van der Waals surface area (Å²) >= 11 is 3.32. The number of carbonyl (C=O) groups is 1. The van der Waals surface area contributed by atoms with Crippen LogP contribution < -0.4 is 10.5 Å². The number of benzene rings is 1. The van der Waals surface area contributed by atoms with E-state index in [0.717, 1.165) is 4.47 Å². The molecule has 3 nitrogen and oxygen atoms in total. The van der Waals surface area contributed by atoms with Gasteiger partial charge in [0.05, 0.1) is 16.8 Å². The smallest absolute Gasteiger partial charge is 0.162 e. The minimum atomic E-state index is -0.0593. The predicted octanol–water partition coefficient (Wildman–Crippen LogP) is 2.63. The topological polar surface area (TPSA) is 52.3 Å². The number of rotatable bonds is 3. The van der Waals surface area contributed by atoms with Crippen LogP contribution in [-0.2, 0) is 0 Å². The summed E-state index contributed by atoms with van der Waals surface area (Å²) in [6.07, 6.45) is 0. The van der Waals surface area contributed by atoms with Gasteiger partial charge in [-0.3, -0.25) is 4.79 Å². The molecule has 76 valence electrons. The number of hydrogen-bond donors (Lipinski definition) is 1. The molecule has 0 heterocycles. The molecule has 0 aliphatic heterocycles. The van der Waals surface area contributed by atoms with Crippen LogP contribution in [0.25, 0.3) is 0 Å². The Labute approximate surface area is 91.4 Å². The van der Waals surface area contributed by atoms with Gasteiger partial charge in [0, 0.05) is 5.56 Å². The Hall–Kier alpha value is -1.03. The number of nitrogen functional groups attached to an aromatic ring is 1.